The van der Waals surface area contributed by atoms with Crippen LogP contribution in [0.1, 0.15) is 26.2 Å². The van der Waals surface area contributed by atoms with Gasteiger partial charge in [0.1, 0.15) is 6.23 Å². The molecular formula is C10H19NO3. The van der Waals surface area contributed by atoms with Gasteiger partial charge >= 0.3 is 0 Å². The minimum Gasteiger partial charge on any atom is -0.391 e. The van der Waals surface area contributed by atoms with Gasteiger partial charge in [-0.15, -0.1) is 0 Å². The van der Waals surface area contributed by atoms with Gasteiger partial charge in [-0.1, -0.05) is 0 Å². The van der Waals surface area contributed by atoms with Crippen molar-refractivity contribution in [3.05, 3.63) is 0 Å². The number of aliphatic hydroxyl groups excluding tert-OH is 2. The lowest BCUT2D eigenvalue weighted by molar-refractivity contribution is -0.111. The second kappa shape index (κ2) is 4.14. The molecule has 4 nitrogen and oxygen atoms in total. The van der Waals surface area contributed by atoms with Crippen molar-refractivity contribution in [3.63, 3.8) is 0 Å². The standard InChI is InChI=1S/C10H19NO3/c1-2-14-7-5-8-9(12)3-4-11(8)10(13)6-7/h7-10,12-13H,2-6H2,1H3. The summed E-state index contributed by atoms with van der Waals surface area (Å²) in [5.74, 6) is 0. The fourth-order valence-corrected chi connectivity index (χ4v) is 2.63. The largest absolute Gasteiger partial charge is 0.391 e. The van der Waals surface area contributed by atoms with E-state index in [-0.39, 0.29) is 18.2 Å². The van der Waals surface area contributed by atoms with E-state index in [1.54, 1.807) is 0 Å². The summed E-state index contributed by atoms with van der Waals surface area (Å²) in [7, 11) is 0. The molecule has 0 radical (unpaired) electrons. The van der Waals surface area contributed by atoms with Crippen molar-refractivity contribution >= 4 is 0 Å². The van der Waals surface area contributed by atoms with Gasteiger partial charge in [-0.05, 0) is 19.8 Å². The maximum Gasteiger partial charge on any atom is 0.110 e. The molecule has 2 aliphatic rings. The van der Waals surface area contributed by atoms with Crippen molar-refractivity contribution in [1.29, 1.82) is 0 Å². The minimum absolute atomic E-state index is 0.107. The summed E-state index contributed by atoms with van der Waals surface area (Å²) < 4.78 is 5.51. The van der Waals surface area contributed by atoms with Crippen LogP contribution in [0.4, 0.5) is 0 Å². The van der Waals surface area contributed by atoms with E-state index in [2.05, 4.69) is 0 Å². The number of ether oxygens (including phenoxy) is 1. The first-order valence-corrected chi connectivity index (χ1v) is 5.46. The lowest BCUT2D eigenvalue weighted by atomic mass is 9.97. The highest BCUT2D eigenvalue weighted by Gasteiger charge is 2.42. The quantitative estimate of drug-likeness (QED) is 0.657. The monoisotopic (exact) mass is 201 g/mol. The Labute approximate surface area is 84.5 Å². The molecule has 0 saturated carbocycles. The van der Waals surface area contributed by atoms with E-state index in [1.165, 1.54) is 0 Å². The Morgan fingerprint density at radius 1 is 1.36 bits per heavy atom. The Hall–Kier alpha value is -0.160. The molecule has 0 bridgehead atoms. The van der Waals surface area contributed by atoms with E-state index >= 15 is 0 Å². The van der Waals surface area contributed by atoms with Gasteiger partial charge in [0.2, 0.25) is 0 Å². The van der Waals surface area contributed by atoms with Crippen molar-refractivity contribution < 1.29 is 14.9 Å². The van der Waals surface area contributed by atoms with Crippen LogP contribution in [0.25, 0.3) is 0 Å². The van der Waals surface area contributed by atoms with Crippen LogP contribution in [0.2, 0.25) is 0 Å². The fourth-order valence-electron chi connectivity index (χ4n) is 2.63. The Kier molecular flexibility index (Phi) is 3.07. The first kappa shape index (κ1) is 10.4. The van der Waals surface area contributed by atoms with Gasteiger partial charge in [0.25, 0.3) is 0 Å². The molecule has 2 heterocycles. The number of nitrogens with zero attached hydrogens (tertiary/aromatic N) is 1. The van der Waals surface area contributed by atoms with E-state index < -0.39 is 6.23 Å². The fraction of sp³-hybridized carbons (Fsp3) is 1.00. The lowest BCUT2D eigenvalue weighted by Gasteiger charge is -2.39. The first-order valence-electron chi connectivity index (χ1n) is 5.46. The number of hydrogen-bond donors (Lipinski definition) is 2. The Balaban J connectivity index is 1.99. The zero-order valence-electron chi connectivity index (χ0n) is 8.59. The third kappa shape index (κ3) is 1.80. The third-order valence-electron chi connectivity index (χ3n) is 3.32. The normalized spacial score (nSPS) is 43.9. The number of piperidine rings is 1. The molecule has 0 aromatic rings. The predicted octanol–water partition coefficient (Wildman–Crippen LogP) is -0.0611. The zero-order chi connectivity index (χ0) is 10.1. The molecule has 2 saturated heterocycles. The summed E-state index contributed by atoms with van der Waals surface area (Å²) in [5.41, 5.74) is 0. The molecule has 0 aliphatic carbocycles. The average Bonchev–Trinajstić information content (AvgIpc) is 2.49. The molecular weight excluding hydrogens is 182 g/mol. The second-order valence-corrected chi connectivity index (χ2v) is 4.19. The molecule has 4 unspecified atom stereocenters. The molecule has 2 rings (SSSR count). The highest BCUT2D eigenvalue weighted by atomic mass is 16.5. The van der Waals surface area contributed by atoms with E-state index in [1.807, 2.05) is 11.8 Å². The molecule has 14 heavy (non-hydrogen) atoms. The maximum absolute atomic E-state index is 9.83. The van der Waals surface area contributed by atoms with Gasteiger partial charge < -0.3 is 14.9 Å². The molecule has 4 heteroatoms. The van der Waals surface area contributed by atoms with Crippen molar-refractivity contribution in [3.8, 4) is 0 Å². The third-order valence-corrected chi connectivity index (χ3v) is 3.32. The summed E-state index contributed by atoms with van der Waals surface area (Å²) in [6.45, 7) is 3.45. The van der Waals surface area contributed by atoms with Gasteiger partial charge in [0.15, 0.2) is 0 Å². The van der Waals surface area contributed by atoms with Crippen LogP contribution in [0, 0.1) is 0 Å². The number of aliphatic hydroxyl groups is 2. The zero-order valence-corrected chi connectivity index (χ0v) is 8.59. The van der Waals surface area contributed by atoms with E-state index in [4.69, 9.17) is 4.74 Å². The summed E-state index contributed by atoms with van der Waals surface area (Å²) in [6.07, 6.45) is 1.71. The van der Waals surface area contributed by atoms with Crippen molar-refractivity contribution in [1.82, 2.24) is 4.90 Å². The molecule has 0 amide bonds. The Morgan fingerprint density at radius 2 is 2.14 bits per heavy atom. The lowest BCUT2D eigenvalue weighted by Crippen LogP contribution is -2.50. The second-order valence-electron chi connectivity index (χ2n) is 4.19. The molecule has 2 aliphatic heterocycles. The van der Waals surface area contributed by atoms with Crippen molar-refractivity contribution in [2.75, 3.05) is 13.2 Å². The molecule has 0 aromatic carbocycles. The van der Waals surface area contributed by atoms with Crippen LogP contribution < -0.4 is 0 Å². The van der Waals surface area contributed by atoms with Gasteiger partial charge in [0.05, 0.1) is 12.2 Å². The van der Waals surface area contributed by atoms with Gasteiger partial charge in [-0.25, -0.2) is 0 Å². The van der Waals surface area contributed by atoms with Crippen LogP contribution in [0.3, 0.4) is 0 Å². The number of rotatable bonds is 2. The van der Waals surface area contributed by atoms with Crippen LogP contribution in [0.5, 0.6) is 0 Å². The van der Waals surface area contributed by atoms with Crippen LogP contribution in [-0.2, 0) is 4.74 Å². The Morgan fingerprint density at radius 3 is 2.86 bits per heavy atom. The van der Waals surface area contributed by atoms with Crippen LogP contribution in [0.15, 0.2) is 0 Å². The van der Waals surface area contributed by atoms with Gasteiger partial charge in [0, 0.05) is 25.6 Å². The maximum atomic E-state index is 9.83. The highest BCUT2D eigenvalue weighted by Crippen LogP contribution is 2.31. The molecule has 0 spiro atoms. The number of hydrogen-bond acceptors (Lipinski definition) is 4. The molecule has 2 fully saturated rings. The first-order chi connectivity index (χ1) is 6.72. The van der Waals surface area contributed by atoms with E-state index in [9.17, 15) is 10.2 Å². The number of fused-ring (bicyclic) bond motifs is 1. The Bertz CT molecular complexity index is 200. The average molecular weight is 201 g/mol. The van der Waals surface area contributed by atoms with Crippen LogP contribution >= 0.6 is 0 Å². The minimum atomic E-state index is -0.428. The van der Waals surface area contributed by atoms with Crippen molar-refractivity contribution in [2.45, 2.75) is 50.7 Å². The summed E-state index contributed by atoms with van der Waals surface area (Å²) in [4.78, 5) is 2.00. The predicted molar refractivity (Wildman–Crippen MR) is 51.8 cm³/mol. The molecule has 82 valence electrons. The smallest absolute Gasteiger partial charge is 0.110 e. The van der Waals surface area contributed by atoms with Gasteiger partial charge in [-0.3, -0.25) is 4.90 Å². The van der Waals surface area contributed by atoms with Gasteiger partial charge in [-0.2, -0.15) is 0 Å². The topological polar surface area (TPSA) is 52.9 Å². The molecule has 4 atom stereocenters. The summed E-state index contributed by atoms with van der Waals surface area (Å²) in [6, 6.07) is 0.107. The SMILES string of the molecule is CCOC1CC(O)N2CCC(O)C2C1. The van der Waals surface area contributed by atoms with Crippen molar-refractivity contribution in [2.24, 2.45) is 0 Å². The highest BCUT2D eigenvalue weighted by molar-refractivity contribution is 4.94. The van der Waals surface area contributed by atoms with E-state index in [0.29, 0.717) is 13.0 Å². The van der Waals surface area contributed by atoms with Crippen LogP contribution in [-0.4, -0.2) is 52.7 Å². The molecule has 2 N–H and O–H groups in total. The summed E-state index contributed by atoms with van der Waals surface area (Å²) >= 11 is 0. The molecule has 0 aromatic heterocycles. The summed E-state index contributed by atoms with van der Waals surface area (Å²) in [5, 5.41) is 19.5. The van der Waals surface area contributed by atoms with E-state index in [0.717, 1.165) is 19.4 Å².